The lowest BCUT2D eigenvalue weighted by Gasteiger charge is -2.24. The maximum Gasteiger partial charge on any atom is 0.407 e. The molecule has 1 atom stereocenters. The van der Waals surface area contributed by atoms with Crippen LogP contribution >= 0.6 is 0 Å². The molecular weight excluding hydrogens is 448 g/mol. The van der Waals surface area contributed by atoms with Crippen molar-refractivity contribution in [3.05, 3.63) is 89.0 Å². The molecule has 3 aromatic carbocycles. The summed E-state index contributed by atoms with van der Waals surface area (Å²) in [6.45, 7) is 3.31. The number of aromatic carboxylic acids is 1. The van der Waals surface area contributed by atoms with Crippen molar-refractivity contribution in [2.24, 2.45) is 0 Å². The molecule has 8 nitrogen and oxygen atoms in total. The second-order valence-corrected chi connectivity index (χ2v) is 8.35. The van der Waals surface area contributed by atoms with Gasteiger partial charge in [0, 0.05) is 5.92 Å². The van der Waals surface area contributed by atoms with Crippen LogP contribution in [0.15, 0.2) is 66.7 Å². The molecule has 1 aliphatic rings. The number of benzene rings is 3. The van der Waals surface area contributed by atoms with E-state index >= 15 is 0 Å². The number of carbonyl (C=O) groups excluding carboxylic acids is 2. The molecule has 0 saturated carbocycles. The number of carboxylic acid groups (broad SMARTS) is 1. The number of ether oxygens (including phenoxy) is 1. The quantitative estimate of drug-likeness (QED) is 0.337. The van der Waals surface area contributed by atoms with Gasteiger partial charge in [0.2, 0.25) is 0 Å². The minimum absolute atomic E-state index is 0.0777. The summed E-state index contributed by atoms with van der Waals surface area (Å²) in [5.74, 6) is -2.28. The first-order valence-corrected chi connectivity index (χ1v) is 11.3. The molecule has 4 rings (SSSR count). The summed E-state index contributed by atoms with van der Waals surface area (Å²) in [4.78, 5) is 37.1. The van der Waals surface area contributed by atoms with Crippen LogP contribution in [0.4, 0.5) is 10.5 Å². The molecule has 0 radical (unpaired) electrons. The van der Waals surface area contributed by atoms with E-state index in [9.17, 15) is 24.7 Å². The van der Waals surface area contributed by atoms with Gasteiger partial charge in [-0.15, -0.1) is 0 Å². The summed E-state index contributed by atoms with van der Waals surface area (Å²) in [5.41, 5.74) is 4.34. The lowest BCUT2D eigenvalue weighted by molar-refractivity contribution is -0.125. The van der Waals surface area contributed by atoms with Gasteiger partial charge in [0.05, 0.1) is 11.3 Å². The van der Waals surface area contributed by atoms with Gasteiger partial charge in [-0.25, -0.2) is 9.59 Å². The van der Waals surface area contributed by atoms with Crippen LogP contribution in [-0.4, -0.2) is 40.9 Å². The van der Waals surface area contributed by atoms with E-state index in [1.807, 2.05) is 48.5 Å². The first-order chi connectivity index (χ1) is 16.8. The molecule has 3 aromatic rings. The second-order valence-electron chi connectivity index (χ2n) is 8.35. The SMILES string of the molecule is CC[C@H](NC(=O)OCC1c2ccccc2-c2ccccc21)C(=O)N(O)c1cccc(C)c1C(=O)O. The van der Waals surface area contributed by atoms with Crippen molar-refractivity contribution >= 4 is 23.7 Å². The number of aryl methyl sites for hydroxylation is 1. The van der Waals surface area contributed by atoms with Gasteiger partial charge in [0.1, 0.15) is 12.6 Å². The predicted octanol–water partition coefficient (Wildman–Crippen LogP) is 4.73. The molecule has 0 heterocycles. The van der Waals surface area contributed by atoms with Gasteiger partial charge in [-0.2, -0.15) is 5.06 Å². The molecule has 0 bridgehead atoms. The molecule has 3 N–H and O–H groups in total. The number of carboxylic acids is 1. The number of hydrogen-bond acceptors (Lipinski definition) is 5. The zero-order chi connectivity index (χ0) is 25.1. The van der Waals surface area contributed by atoms with Crippen molar-refractivity contribution in [1.29, 1.82) is 0 Å². The normalized spacial score (nSPS) is 12.9. The van der Waals surface area contributed by atoms with Gasteiger partial charge in [-0.05, 0) is 47.2 Å². The Bertz CT molecular complexity index is 1240. The summed E-state index contributed by atoms with van der Waals surface area (Å²) in [5, 5.41) is 22.8. The number of hydrogen-bond donors (Lipinski definition) is 3. The Morgan fingerprint density at radius 1 is 0.971 bits per heavy atom. The number of nitrogens with one attached hydrogen (secondary N) is 1. The summed E-state index contributed by atoms with van der Waals surface area (Å²) in [7, 11) is 0. The number of rotatable bonds is 7. The maximum absolute atomic E-state index is 12.9. The molecule has 180 valence electrons. The smallest absolute Gasteiger partial charge is 0.407 e. The zero-order valence-electron chi connectivity index (χ0n) is 19.4. The van der Waals surface area contributed by atoms with Crippen LogP contribution in [0.25, 0.3) is 11.1 Å². The molecule has 0 aromatic heterocycles. The number of amides is 2. The summed E-state index contributed by atoms with van der Waals surface area (Å²) in [6, 6.07) is 19.2. The third-order valence-electron chi connectivity index (χ3n) is 6.24. The fourth-order valence-corrected chi connectivity index (χ4v) is 4.49. The highest BCUT2D eigenvalue weighted by atomic mass is 16.5. The Hall–Kier alpha value is -4.17. The van der Waals surface area contributed by atoms with E-state index in [-0.39, 0.29) is 35.3 Å². The summed E-state index contributed by atoms with van der Waals surface area (Å²) < 4.78 is 5.49. The van der Waals surface area contributed by atoms with Crippen LogP contribution in [-0.2, 0) is 9.53 Å². The molecule has 0 aliphatic heterocycles. The molecule has 8 heteroatoms. The van der Waals surface area contributed by atoms with E-state index < -0.39 is 24.0 Å². The van der Waals surface area contributed by atoms with Crippen LogP contribution in [0, 0.1) is 6.92 Å². The van der Waals surface area contributed by atoms with Crippen LogP contribution in [0.3, 0.4) is 0 Å². The van der Waals surface area contributed by atoms with Crippen LogP contribution < -0.4 is 10.4 Å². The number of hydroxylamine groups is 1. The number of fused-ring (bicyclic) bond motifs is 3. The van der Waals surface area contributed by atoms with E-state index in [1.165, 1.54) is 12.1 Å². The Labute approximate surface area is 202 Å². The van der Waals surface area contributed by atoms with Crippen molar-refractivity contribution in [3.8, 4) is 11.1 Å². The van der Waals surface area contributed by atoms with Crippen molar-refractivity contribution in [2.45, 2.75) is 32.2 Å². The van der Waals surface area contributed by atoms with E-state index in [0.717, 1.165) is 22.3 Å². The zero-order valence-corrected chi connectivity index (χ0v) is 19.4. The highest BCUT2D eigenvalue weighted by Gasteiger charge is 2.31. The third kappa shape index (κ3) is 4.61. The summed E-state index contributed by atoms with van der Waals surface area (Å²) in [6.07, 6.45) is -0.642. The number of alkyl carbamates (subject to hydrolysis) is 1. The van der Waals surface area contributed by atoms with Crippen LogP contribution in [0.1, 0.15) is 46.3 Å². The van der Waals surface area contributed by atoms with E-state index in [0.29, 0.717) is 5.56 Å². The highest BCUT2D eigenvalue weighted by molar-refractivity contribution is 6.03. The standard InChI is InChI=1S/C27H26N2O6/c1-3-22(25(30)29(34)23-14-8-9-16(2)24(23)26(31)32)28-27(33)35-15-21-19-12-6-4-10-17(19)18-11-5-7-13-20(18)21/h4-14,21-22,34H,3,15H2,1-2H3,(H,28,33)(H,31,32)/t22-/m0/s1. The number of carbonyl (C=O) groups is 3. The largest absolute Gasteiger partial charge is 0.478 e. The van der Waals surface area contributed by atoms with Gasteiger partial charge < -0.3 is 15.2 Å². The van der Waals surface area contributed by atoms with Crippen molar-refractivity contribution in [2.75, 3.05) is 11.7 Å². The third-order valence-corrected chi connectivity index (χ3v) is 6.24. The molecular formula is C27H26N2O6. The Morgan fingerprint density at radius 3 is 2.14 bits per heavy atom. The molecule has 35 heavy (non-hydrogen) atoms. The topological polar surface area (TPSA) is 116 Å². The minimum atomic E-state index is -1.28. The van der Waals surface area contributed by atoms with Crippen LogP contribution in [0.2, 0.25) is 0 Å². The number of nitrogens with zero attached hydrogens (tertiary/aromatic N) is 1. The van der Waals surface area contributed by atoms with Gasteiger partial charge in [-0.1, -0.05) is 67.6 Å². The maximum atomic E-state index is 12.9. The van der Waals surface area contributed by atoms with E-state index in [4.69, 9.17) is 4.74 Å². The fraction of sp³-hybridized carbons (Fsp3) is 0.222. The molecule has 0 fully saturated rings. The van der Waals surface area contributed by atoms with E-state index in [2.05, 4.69) is 5.32 Å². The van der Waals surface area contributed by atoms with Gasteiger partial charge in [0.15, 0.2) is 0 Å². The van der Waals surface area contributed by atoms with Crippen molar-refractivity contribution in [1.82, 2.24) is 5.32 Å². The molecule has 1 aliphatic carbocycles. The van der Waals surface area contributed by atoms with Crippen molar-refractivity contribution in [3.63, 3.8) is 0 Å². The Morgan fingerprint density at radius 2 is 1.57 bits per heavy atom. The predicted molar refractivity (Wildman–Crippen MR) is 130 cm³/mol. The lowest BCUT2D eigenvalue weighted by atomic mass is 9.98. The van der Waals surface area contributed by atoms with Gasteiger partial charge in [0.25, 0.3) is 5.91 Å². The Balaban J connectivity index is 1.45. The molecule has 0 saturated heterocycles. The summed E-state index contributed by atoms with van der Waals surface area (Å²) >= 11 is 0. The average Bonchev–Trinajstić information content (AvgIpc) is 3.18. The molecule has 0 unspecified atom stereocenters. The van der Waals surface area contributed by atoms with Gasteiger partial charge >= 0.3 is 12.1 Å². The average molecular weight is 475 g/mol. The first kappa shape index (κ1) is 24.0. The first-order valence-electron chi connectivity index (χ1n) is 11.3. The fourth-order valence-electron chi connectivity index (χ4n) is 4.49. The van der Waals surface area contributed by atoms with E-state index in [1.54, 1.807) is 19.9 Å². The van der Waals surface area contributed by atoms with Crippen LogP contribution in [0.5, 0.6) is 0 Å². The molecule has 0 spiro atoms. The number of anilines is 1. The minimum Gasteiger partial charge on any atom is -0.478 e. The monoisotopic (exact) mass is 474 g/mol. The lowest BCUT2D eigenvalue weighted by Crippen LogP contribution is -2.48. The van der Waals surface area contributed by atoms with Gasteiger partial charge in [-0.3, -0.25) is 10.0 Å². The van der Waals surface area contributed by atoms with Crippen molar-refractivity contribution < 1.29 is 29.4 Å². The highest BCUT2D eigenvalue weighted by Crippen LogP contribution is 2.44. The molecule has 2 amide bonds. The second kappa shape index (κ2) is 9.99. The Kier molecular flexibility index (Phi) is 6.84.